The molecular weight excluding hydrogens is 440 g/mol. The number of Topliss-reactive ketones (excluding diaryl/α,β-unsaturated/α-hetero) is 1. The van der Waals surface area contributed by atoms with E-state index >= 15 is 0 Å². The molecule has 6 nitrogen and oxygen atoms in total. The van der Waals surface area contributed by atoms with Gasteiger partial charge in [0.25, 0.3) is 17.7 Å². The summed E-state index contributed by atoms with van der Waals surface area (Å²) in [6.45, 7) is 5.26. The van der Waals surface area contributed by atoms with Crippen LogP contribution < -0.4 is 0 Å². The van der Waals surface area contributed by atoms with Crippen molar-refractivity contribution in [1.82, 2.24) is 10.0 Å². The van der Waals surface area contributed by atoms with E-state index in [1.165, 1.54) is 6.07 Å². The van der Waals surface area contributed by atoms with Gasteiger partial charge in [-0.25, -0.2) is 5.01 Å². The molecule has 33 heavy (non-hydrogen) atoms. The number of hydrogen-bond acceptors (Lipinski definition) is 4. The highest BCUT2D eigenvalue weighted by Crippen LogP contribution is 2.39. The fourth-order valence-electron chi connectivity index (χ4n) is 4.52. The molecule has 1 aliphatic carbocycles. The molecule has 0 saturated carbocycles. The minimum Gasteiger partial charge on any atom is -0.292 e. The Bertz CT molecular complexity index is 1190. The van der Waals surface area contributed by atoms with Gasteiger partial charge in [-0.05, 0) is 55.5 Å². The highest BCUT2D eigenvalue weighted by molar-refractivity contribution is 6.34. The van der Waals surface area contributed by atoms with Gasteiger partial charge in [-0.1, -0.05) is 54.9 Å². The fourth-order valence-corrected chi connectivity index (χ4v) is 4.73. The summed E-state index contributed by atoms with van der Waals surface area (Å²) >= 11 is 6.25. The van der Waals surface area contributed by atoms with E-state index in [2.05, 4.69) is 0 Å². The van der Waals surface area contributed by atoms with Crippen LogP contribution in [0.25, 0.3) is 0 Å². The molecule has 4 rings (SSSR count). The second-order valence-electron chi connectivity index (χ2n) is 8.71. The van der Waals surface area contributed by atoms with E-state index in [-0.39, 0.29) is 22.3 Å². The molecule has 0 N–H and O–H groups in total. The largest absolute Gasteiger partial charge is 0.292 e. The Balaban J connectivity index is 1.73. The van der Waals surface area contributed by atoms with Crippen LogP contribution in [0.4, 0.5) is 0 Å². The Morgan fingerprint density at radius 3 is 2.45 bits per heavy atom. The van der Waals surface area contributed by atoms with Crippen LogP contribution in [0, 0.1) is 31.6 Å². The van der Waals surface area contributed by atoms with E-state index in [4.69, 9.17) is 11.6 Å². The summed E-state index contributed by atoms with van der Waals surface area (Å²) < 4.78 is 0. The summed E-state index contributed by atoms with van der Waals surface area (Å²) in [6.07, 6.45) is 4.23. The lowest BCUT2D eigenvalue weighted by molar-refractivity contribution is -0.154. The standard InChI is InChI=1S/C26H25ClN2O4/c1-15-11-12-18(13-17(15)3)22(30)14-28(24(31)19-8-4-5-10-21(19)27)29-25(32)20-9-6-7-16(2)23(20)26(29)33/h4-8,10-13,16,20,23H,9,14H2,1-3H3/t16-,20+,23-/m0/s1. The zero-order valence-corrected chi connectivity index (χ0v) is 19.5. The first-order valence-corrected chi connectivity index (χ1v) is 11.3. The highest BCUT2D eigenvalue weighted by Gasteiger charge is 2.53. The lowest BCUT2D eigenvalue weighted by atomic mass is 9.78. The Hall–Kier alpha value is -3.25. The molecule has 2 aromatic rings. The number of imide groups is 1. The molecule has 2 aliphatic rings. The monoisotopic (exact) mass is 464 g/mol. The molecule has 3 amide bonds. The van der Waals surface area contributed by atoms with Gasteiger partial charge in [0, 0.05) is 5.56 Å². The lowest BCUT2D eigenvalue weighted by Crippen LogP contribution is -2.52. The van der Waals surface area contributed by atoms with Crippen LogP contribution in [-0.4, -0.2) is 40.1 Å². The topological polar surface area (TPSA) is 74.8 Å². The normalized spacial score (nSPS) is 21.8. The maximum absolute atomic E-state index is 13.5. The van der Waals surface area contributed by atoms with Gasteiger partial charge in [0.15, 0.2) is 5.78 Å². The zero-order valence-electron chi connectivity index (χ0n) is 18.7. The number of halogens is 1. The number of hydrogen-bond donors (Lipinski definition) is 0. The number of rotatable bonds is 5. The number of hydrazine groups is 1. The zero-order chi connectivity index (χ0) is 23.9. The summed E-state index contributed by atoms with van der Waals surface area (Å²) in [5.41, 5.74) is 2.49. The molecule has 0 unspecified atom stereocenters. The molecule has 0 radical (unpaired) electrons. The number of fused-ring (bicyclic) bond motifs is 1. The lowest BCUT2D eigenvalue weighted by Gasteiger charge is -2.30. The third-order valence-corrected chi connectivity index (χ3v) is 6.88. The molecule has 2 aromatic carbocycles. The maximum atomic E-state index is 13.5. The smallest absolute Gasteiger partial charge is 0.274 e. The first kappa shape index (κ1) is 22.9. The number of carbonyl (C=O) groups is 4. The Morgan fingerprint density at radius 2 is 1.79 bits per heavy atom. The second kappa shape index (κ2) is 8.94. The minimum atomic E-state index is -0.668. The maximum Gasteiger partial charge on any atom is 0.274 e. The average Bonchev–Trinajstić information content (AvgIpc) is 3.04. The molecule has 7 heteroatoms. The summed E-state index contributed by atoms with van der Waals surface area (Å²) in [4.78, 5) is 53.4. The molecule has 1 heterocycles. The van der Waals surface area contributed by atoms with Crippen molar-refractivity contribution >= 4 is 35.1 Å². The van der Waals surface area contributed by atoms with Gasteiger partial charge < -0.3 is 0 Å². The van der Waals surface area contributed by atoms with Gasteiger partial charge >= 0.3 is 0 Å². The number of ketones is 1. The molecule has 1 aliphatic heterocycles. The number of nitrogens with zero attached hydrogens (tertiary/aromatic N) is 2. The Morgan fingerprint density at radius 1 is 1.06 bits per heavy atom. The first-order valence-electron chi connectivity index (χ1n) is 10.9. The molecule has 0 bridgehead atoms. The molecule has 0 aromatic heterocycles. The van der Waals surface area contributed by atoms with Crippen molar-refractivity contribution in [2.45, 2.75) is 27.2 Å². The number of aryl methyl sites for hydroxylation is 2. The van der Waals surface area contributed by atoms with Crippen LogP contribution in [0.5, 0.6) is 0 Å². The van der Waals surface area contributed by atoms with Crippen LogP contribution in [-0.2, 0) is 9.59 Å². The first-order chi connectivity index (χ1) is 15.7. The van der Waals surface area contributed by atoms with E-state index in [9.17, 15) is 19.2 Å². The summed E-state index contributed by atoms with van der Waals surface area (Å²) in [6, 6.07) is 11.6. The predicted molar refractivity (Wildman–Crippen MR) is 124 cm³/mol. The van der Waals surface area contributed by atoms with Gasteiger partial charge in [0.05, 0.1) is 22.4 Å². The molecule has 3 atom stereocenters. The second-order valence-corrected chi connectivity index (χ2v) is 9.12. The van der Waals surface area contributed by atoms with Gasteiger partial charge in [0.1, 0.15) is 6.54 Å². The van der Waals surface area contributed by atoms with Crippen LogP contribution in [0.15, 0.2) is 54.6 Å². The van der Waals surface area contributed by atoms with Gasteiger partial charge in [0.2, 0.25) is 0 Å². The van der Waals surface area contributed by atoms with Crippen LogP contribution >= 0.6 is 11.6 Å². The Kier molecular flexibility index (Phi) is 6.21. The van der Waals surface area contributed by atoms with E-state index in [0.717, 1.165) is 21.1 Å². The minimum absolute atomic E-state index is 0.119. The van der Waals surface area contributed by atoms with Crippen molar-refractivity contribution in [2.24, 2.45) is 17.8 Å². The van der Waals surface area contributed by atoms with E-state index in [1.54, 1.807) is 30.3 Å². The van der Waals surface area contributed by atoms with Gasteiger partial charge in [-0.15, -0.1) is 0 Å². The molecule has 170 valence electrons. The SMILES string of the molecule is Cc1ccc(C(=O)CN(C(=O)c2ccccc2Cl)N2C(=O)[C@H]3[C@@H](C)C=CC[C@H]3C2=O)cc1C. The number of allylic oxidation sites excluding steroid dienone is 2. The van der Waals surface area contributed by atoms with Crippen molar-refractivity contribution in [2.75, 3.05) is 6.54 Å². The van der Waals surface area contributed by atoms with Gasteiger partial charge in [-0.3, -0.25) is 19.2 Å². The third-order valence-electron chi connectivity index (χ3n) is 6.55. The van der Waals surface area contributed by atoms with E-state index in [1.807, 2.05) is 39.0 Å². The third kappa shape index (κ3) is 4.11. The molecule has 1 saturated heterocycles. The Labute approximate surface area is 197 Å². The molecule has 0 spiro atoms. The highest BCUT2D eigenvalue weighted by atomic mass is 35.5. The fraction of sp³-hybridized carbons (Fsp3) is 0.308. The average molecular weight is 465 g/mol. The number of carbonyl (C=O) groups excluding carboxylic acids is 4. The van der Waals surface area contributed by atoms with E-state index < -0.39 is 36.1 Å². The number of amides is 3. The van der Waals surface area contributed by atoms with Crippen LogP contribution in [0.1, 0.15) is 45.2 Å². The van der Waals surface area contributed by atoms with Crippen molar-refractivity contribution in [1.29, 1.82) is 0 Å². The van der Waals surface area contributed by atoms with Crippen LogP contribution in [0.2, 0.25) is 5.02 Å². The van der Waals surface area contributed by atoms with Gasteiger partial charge in [-0.2, -0.15) is 5.01 Å². The van der Waals surface area contributed by atoms with Crippen molar-refractivity contribution < 1.29 is 19.2 Å². The van der Waals surface area contributed by atoms with Crippen molar-refractivity contribution in [3.05, 3.63) is 81.9 Å². The summed E-state index contributed by atoms with van der Waals surface area (Å²) in [5, 5.41) is 2.02. The molecule has 1 fully saturated rings. The van der Waals surface area contributed by atoms with Crippen molar-refractivity contribution in [3.8, 4) is 0 Å². The number of benzene rings is 2. The quantitative estimate of drug-likeness (QED) is 0.373. The van der Waals surface area contributed by atoms with Crippen molar-refractivity contribution in [3.63, 3.8) is 0 Å². The summed E-state index contributed by atoms with van der Waals surface area (Å²) in [7, 11) is 0. The summed E-state index contributed by atoms with van der Waals surface area (Å²) in [5.74, 6) is -3.21. The van der Waals surface area contributed by atoms with Crippen LogP contribution in [0.3, 0.4) is 0 Å². The van der Waals surface area contributed by atoms with E-state index in [0.29, 0.717) is 12.0 Å². The predicted octanol–water partition coefficient (Wildman–Crippen LogP) is 4.39. The molecular formula is C26H25ClN2O4.